The number of nitrogens with one attached hydrogen (secondary N) is 2. The van der Waals surface area contributed by atoms with Gasteiger partial charge in [0, 0.05) is 19.1 Å². The van der Waals surface area contributed by atoms with Crippen LogP contribution in [0, 0.1) is 0 Å². The van der Waals surface area contributed by atoms with Crippen molar-refractivity contribution in [3.8, 4) is 0 Å². The Morgan fingerprint density at radius 3 is 2.86 bits per heavy atom. The Hall–Kier alpha value is -0.610. The Morgan fingerprint density at radius 2 is 2.36 bits per heavy atom. The van der Waals surface area contributed by atoms with Gasteiger partial charge in [0.05, 0.1) is 12.6 Å². The van der Waals surface area contributed by atoms with Crippen molar-refractivity contribution in [1.29, 1.82) is 0 Å². The van der Waals surface area contributed by atoms with E-state index in [1.54, 1.807) is 0 Å². The van der Waals surface area contributed by atoms with Crippen LogP contribution in [0.3, 0.4) is 0 Å². The third kappa shape index (κ3) is 2.25. The maximum atomic E-state index is 11.6. The largest absolute Gasteiger partial charge is 0.350 e. The van der Waals surface area contributed by atoms with E-state index < -0.39 is 0 Å². The second kappa shape index (κ2) is 4.28. The smallest absolute Gasteiger partial charge is 0.234 e. The first kappa shape index (κ1) is 9.93. The molecule has 2 heterocycles. The van der Waals surface area contributed by atoms with Gasteiger partial charge in [0.15, 0.2) is 0 Å². The van der Waals surface area contributed by atoms with Crippen LogP contribution in [0.15, 0.2) is 0 Å². The normalized spacial score (nSPS) is 28.8. The van der Waals surface area contributed by atoms with Gasteiger partial charge in [-0.3, -0.25) is 9.69 Å². The van der Waals surface area contributed by atoms with E-state index in [2.05, 4.69) is 22.5 Å². The first-order valence-corrected chi connectivity index (χ1v) is 5.50. The third-order valence-electron chi connectivity index (χ3n) is 3.18. The summed E-state index contributed by atoms with van der Waals surface area (Å²) in [5, 5.41) is 6.16. The monoisotopic (exact) mass is 197 g/mol. The van der Waals surface area contributed by atoms with Crippen molar-refractivity contribution < 1.29 is 4.79 Å². The summed E-state index contributed by atoms with van der Waals surface area (Å²) in [6, 6.07) is 0.959. The zero-order valence-corrected chi connectivity index (χ0v) is 8.75. The minimum Gasteiger partial charge on any atom is -0.350 e. The van der Waals surface area contributed by atoms with Gasteiger partial charge in [-0.15, -0.1) is 0 Å². The number of rotatable bonds is 3. The number of amides is 1. The van der Waals surface area contributed by atoms with Crippen molar-refractivity contribution in [2.75, 3.05) is 26.2 Å². The molecule has 1 unspecified atom stereocenters. The van der Waals surface area contributed by atoms with E-state index in [9.17, 15) is 4.79 Å². The van der Waals surface area contributed by atoms with E-state index in [4.69, 9.17) is 0 Å². The van der Waals surface area contributed by atoms with Crippen LogP contribution in [-0.2, 0) is 4.79 Å². The minimum absolute atomic E-state index is 0.185. The maximum Gasteiger partial charge on any atom is 0.234 e. The molecule has 2 N–H and O–H groups in total. The van der Waals surface area contributed by atoms with Crippen molar-refractivity contribution in [3.05, 3.63) is 0 Å². The minimum atomic E-state index is 0.185. The Balaban J connectivity index is 1.70. The summed E-state index contributed by atoms with van der Waals surface area (Å²) in [4.78, 5) is 13.8. The highest BCUT2D eigenvalue weighted by molar-refractivity contribution is 5.78. The van der Waals surface area contributed by atoms with Crippen molar-refractivity contribution in [2.24, 2.45) is 0 Å². The van der Waals surface area contributed by atoms with Crippen LogP contribution in [-0.4, -0.2) is 49.1 Å². The Labute approximate surface area is 85.0 Å². The lowest BCUT2D eigenvalue weighted by molar-refractivity contribution is -0.123. The van der Waals surface area contributed by atoms with Crippen LogP contribution in [0.5, 0.6) is 0 Å². The van der Waals surface area contributed by atoms with E-state index in [0.29, 0.717) is 18.6 Å². The molecule has 4 heteroatoms. The highest BCUT2D eigenvalue weighted by Crippen LogP contribution is 2.15. The fraction of sp³-hybridized carbons (Fsp3) is 0.900. The second-order valence-corrected chi connectivity index (χ2v) is 4.38. The molecule has 2 aliphatic heterocycles. The average molecular weight is 197 g/mol. The van der Waals surface area contributed by atoms with Crippen LogP contribution >= 0.6 is 0 Å². The molecule has 0 spiro atoms. The molecule has 0 radical (unpaired) electrons. The van der Waals surface area contributed by atoms with Crippen LogP contribution in [0.1, 0.15) is 19.8 Å². The van der Waals surface area contributed by atoms with E-state index in [0.717, 1.165) is 19.6 Å². The van der Waals surface area contributed by atoms with Crippen molar-refractivity contribution >= 4 is 5.91 Å². The summed E-state index contributed by atoms with van der Waals surface area (Å²) < 4.78 is 0. The van der Waals surface area contributed by atoms with Gasteiger partial charge in [-0.25, -0.2) is 0 Å². The molecule has 2 fully saturated rings. The van der Waals surface area contributed by atoms with Gasteiger partial charge in [-0.05, 0) is 26.3 Å². The standard InChI is InChI=1S/C10H19N3O/c1-8-3-2-4-13(8)7-10(14)12-9-5-11-6-9/h8-9,11H,2-7H2,1H3,(H,12,14). The molecule has 14 heavy (non-hydrogen) atoms. The number of hydrogen-bond acceptors (Lipinski definition) is 3. The average Bonchev–Trinajstić information content (AvgIpc) is 2.45. The molecule has 80 valence electrons. The lowest BCUT2D eigenvalue weighted by atomic mass is 10.2. The number of nitrogens with zero attached hydrogens (tertiary/aromatic N) is 1. The van der Waals surface area contributed by atoms with E-state index >= 15 is 0 Å². The number of carbonyl (C=O) groups excluding carboxylic acids is 1. The summed E-state index contributed by atoms with van der Waals surface area (Å²) in [6.45, 7) is 5.73. The summed E-state index contributed by atoms with van der Waals surface area (Å²) >= 11 is 0. The highest BCUT2D eigenvalue weighted by atomic mass is 16.2. The molecule has 0 aromatic heterocycles. The molecule has 2 rings (SSSR count). The van der Waals surface area contributed by atoms with Gasteiger partial charge < -0.3 is 10.6 Å². The van der Waals surface area contributed by atoms with E-state index in [-0.39, 0.29) is 5.91 Å². The van der Waals surface area contributed by atoms with Crippen molar-refractivity contribution in [2.45, 2.75) is 31.8 Å². The fourth-order valence-corrected chi connectivity index (χ4v) is 2.08. The summed E-state index contributed by atoms with van der Waals surface area (Å²) in [5.41, 5.74) is 0. The van der Waals surface area contributed by atoms with Crippen LogP contribution in [0.4, 0.5) is 0 Å². The quantitative estimate of drug-likeness (QED) is 0.644. The molecule has 4 nitrogen and oxygen atoms in total. The highest BCUT2D eigenvalue weighted by Gasteiger charge is 2.24. The maximum absolute atomic E-state index is 11.6. The zero-order valence-electron chi connectivity index (χ0n) is 8.75. The first-order valence-electron chi connectivity index (χ1n) is 5.50. The molecule has 2 aliphatic rings. The lowest BCUT2D eigenvalue weighted by Crippen LogP contribution is -2.58. The Bertz CT molecular complexity index is 215. The van der Waals surface area contributed by atoms with Gasteiger partial charge in [0.2, 0.25) is 5.91 Å². The number of carbonyl (C=O) groups is 1. The molecule has 0 aromatic rings. The van der Waals surface area contributed by atoms with Gasteiger partial charge >= 0.3 is 0 Å². The summed E-state index contributed by atoms with van der Waals surface area (Å²) in [7, 11) is 0. The Kier molecular flexibility index (Phi) is 3.03. The number of likely N-dealkylation sites (tertiary alicyclic amines) is 1. The SMILES string of the molecule is CC1CCCN1CC(=O)NC1CNC1. The van der Waals surface area contributed by atoms with Gasteiger partial charge in [0.25, 0.3) is 0 Å². The second-order valence-electron chi connectivity index (χ2n) is 4.38. The van der Waals surface area contributed by atoms with Crippen LogP contribution in [0.25, 0.3) is 0 Å². The molecular weight excluding hydrogens is 178 g/mol. The molecule has 2 saturated heterocycles. The van der Waals surface area contributed by atoms with Crippen molar-refractivity contribution in [3.63, 3.8) is 0 Å². The predicted octanol–water partition coefficient (Wildman–Crippen LogP) is -0.441. The molecule has 1 amide bonds. The lowest BCUT2D eigenvalue weighted by Gasteiger charge is -2.29. The third-order valence-corrected chi connectivity index (χ3v) is 3.18. The molecule has 0 bridgehead atoms. The molecule has 0 aromatic carbocycles. The Morgan fingerprint density at radius 1 is 1.57 bits per heavy atom. The topological polar surface area (TPSA) is 44.4 Å². The predicted molar refractivity (Wildman–Crippen MR) is 55.1 cm³/mol. The van der Waals surface area contributed by atoms with Gasteiger partial charge in [-0.1, -0.05) is 0 Å². The summed E-state index contributed by atoms with van der Waals surface area (Å²) in [5.74, 6) is 0.185. The number of hydrogen-bond donors (Lipinski definition) is 2. The molecular formula is C10H19N3O. The molecule has 1 atom stereocenters. The van der Waals surface area contributed by atoms with Gasteiger partial charge in [-0.2, -0.15) is 0 Å². The van der Waals surface area contributed by atoms with Crippen molar-refractivity contribution in [1.82, 2.24) is 15.5 Å². The van der Waals surface area contributed by atoms with E-state index in [1.165, 1.54) is 12.8 Å². The van der Waals surface area contributed by atoms with Crippen LogP contribution in [0.2, 0.25) is 0 Å². The van der Waals surface area contributed by atoms with E-state index in [1.807, 2.05) is 0 Å². The van der Waals surface area contributed by atoms with Crippen LogP contribution < -0.4 is 10.6 Å². The zero-order chi connectivity index (χ0) is 9.97. The first-order chi connectivity index (χ1) is 6.75. The molecule has 0 saturated carbocycles. The fourth-order valence-electron chi connectivity index (χ4n) is 2.08. The molecule has 0 aliphatic carbocycles. The summed E-state index contributed by atoms with van der Waals surface area (Å²) in [6.07, 6.45) is 2.47. The van der Waals surface area contributed by atoms with Gasteiger partial charge in [0.1, 0.15) is 0 Å².